The van der Waals surface area contributed by atoms with Gasteiger partial charge in [-0.05, 0) is 31.2 Å². The largest absolute Gasteiger partial charge is 0.339 e. The SMILES string of the molecule is O=C(Nc1ncc(Cl)s1)C(CC1CCCCC1)n1ccc(C(=O)N2CCCC2)cc1=O. The van der Waals surface area contributed by atoms with Crippen LogP contribution in [0.25, 0.3) is 0 Å². The first-order chi connectivity index (χ1) is 15.0. The van der Waals surface area contributed by atoms with Crippen LogP contribution in [0.15, 0.2) is 29.3 Å². The van der Waals surface area contributed by atoms with Gasteiger partial charge in [-0.15, -0.1) is 0 Å². The van der Waals surface area contributed by atoms with Gasteiger partial charge in [0.1, 0.15) is 10.4 Å². The Labute approximate surface area is 190 Å². The van der Waals surface area contributed by atoms with Crippen molar-refractivity contribution in [3.05, 3.63) is 44.8 Å². The van der Waals surface area contributed by atoms with E-state index >= 15 is 0 Å². The summed E-state index contributed by atoms with van der Waals surface area (Å²) in [5, 5.41) is 3.22. The highest BCUT2D eigenvalue weighted by Crippen LogP contribution is 2.32. The summed E-state index contributed by atoms with van der Waals surface area (Å²) >= 11 is 7.12. The lowest BCUT2D eigenvalue weighted by molar-refractivity contribution is -0.119. The first kappa shape index (κ1) is 22.0. The minimum Gasteiger partial charge on any atom is -0.339 e. The van der Waals surface area contributed by atoms with Crippen LogP contribution in [0, 0.1) is 5.92 Å². The molecule has 2 aliphatic rings. The Bertz CT molecular complexity index is 993. The number of rotatable bonds is 6. The number of likely N-dealkylation sites (tertiary alicyclic amines) is 1. The highest BCUT2D eigenvalue weighted by Gasteiger charge is 2.28. The number of carbonyl (C=O) groups is 2. The van der Waals surface area contributed by atoms with E-state index in [1.54, 1.807) is 17.2 Å². The fourth-order valence-electron chi connectivity index (χ4n) is 4.57. The van der Waals surface area contributed by atoms with E-state index in [4.69, 9.17) is 11.6 Å². The molecular weight excluding hydrogens is 436 g/mol. The van der Waals surface area contributed by atoms with Gasteiger partial charge < -0.3 is 14.8 Å². The molecule has 2 fully saturated rings. The van der Waals surface area contributed by atoms with Crippen LogP contribution in [-0.2, 0) is 4.79 Å². The van der Waals surface area contributed by atoms with Crippen LogP contribution in [0.5, 0.6) is 0 Å². The maximum atomic E-state index is 13.2. The monoisotopic (exact) mass is 462 g/mol. The molecular formula is C22H27ClN4O3S. The highest BCUT2D eigenvalue weighted by molar-refractivity contribution is 7.19. The number of aromatic nitrogens is 2. The van der Waals surface area contributed by atoms with E-state index in [2.05, 4.69) is 10.3 Å². The van der Waals surface area contributed by atoms with Crippen LogP contribution in [0.3, 0.4) is 0 Å². The number of nitrogens with one attached hydrogen (secondary N) is 1. The molecule has 7 nitrogen and oxygen atoms in total. The molecule has 2 aromatic rings. The Kier molecular flexibility index (Phi) is 7.07. The van der Waals surface area contributed by atoms with Crippen molar-refractivity contribution < 1.29 is 9.59 Å². The quantitative estimate of drug-likeness (QED) is 0.691. The second-order valence-corrected chi connectivity index (χ2v) is 10.0. The molecule has 166 valence electrons. The molecule has 3 heterocycles. The van der Waals surface area contributed by atoms with Crippen molar-refractivity contribution in [1.29, 1.82) is 0 Å². The van der Waals surface area contributed by atoms with E-state index in [1.165, 1.54) is 34.6 Å². The molecule has 2 amide bonds. The van der Waals surface area contributed by atoms with Crippen molar-refractivity contribution in [2.75, 3.05) is 18.4 Å². The van der Waals surface area contributed by atoms with E-state index < -0.39 is 6.04 Å². The van der Waals surface area contributed by atoms with Crippen molar-refractivity contribution in [3.8, 4) is 0 Å². The maximum Gasteiger partial charge on any atom is 0.254 e. The number of nitrogens with zero attached hydrogens (tertiary/aromatic N) is 3. The fraction of sp³-hybridized carbons (Fsp3) is 0.545. The van der Waals surface area contributed by atoms with Gasteiger partial charge in [-0.2, -0.15) is 0 Å². The van der Waals surface area contributed by atoms with Gasteiger partial charge in [-0.1, -0.05) is 55.0 Å². The molecule has 1 unspecified atom stereocenters. The number of hydrogen-bond acceptors (Lipinski definition) is 5. The second-order valence-electron chi connectivity index (χ2n) is 8.37. The van der Waals surface area contributed by atoms with E-state index in [0.717, 1.165) is 51.6 Å². The van der Waals surface area contributed by atoms with Crippen LogP contribution < -0.4 is 10.9 Å². The molecule has 0 bridgehead atoms. The minimum absolute atomic E-state index is 0.118. The normalized spacial score (nSPS) is 18.2. The van der Waals surface area contributed by atoms with Crippen LogP contribution in [0.4, 0.5) is 5.13 Å². The summed E-state index contributed by atoms with van der Waals surface area (Å²) in [6.07, 6.45) is 11.3. The van der Waals surface area contributed by atoms with Crippen molar-refractivity contribution in [2.45, 2.75) is 57.4 Å². The van der Waals surface area contributed by atoms with Crippen molar-refractivity contribution in [3.63, 3.8) is 0 Å². The Balaban J connectivity index is 1.57. The first-order valence-electron chi connectivity index (χ1n) is 10.9. The lowest BCUT2D eigenvalue weighted by Gasteiger charge is -2.27. The lowest BCUT2D eigenvalue weighted by atomic mass is 9.84. The van der Waals surface area contributed by atoms with E-state index in [0.29, 0.717) is 27.4 Å². The number of thiazole rings is 1. The summed E-state index contributed by atoms with van der Waals surface area (Å²) < 4.78 is 1.95. The maximum absolute atomic E-state index is 13.2. The molecule has 0 spiro atoms. The highest BCUT2D eigenvalue weighted by atomic mass is 35.5. The van der Waals surface area contributed by atoms with E-state index in [9.17, 15) is 14.4 Å². The zero-order valence-corrected chi connectivity index (χ0v) is 19.0. The number of pyridine rings is 1. The third kappa shape index (κ3) is 5.36. The van der Waals surface area contributed by atoms with Crippen molar-refractivity contribution in [2.24, 2.45) is 5.92 Å². The molecule has 1 saturated heterocycles. The molecule has 1 N–H and O–H groups in total. The van der Waals surface area contributed by atoms with Crippen LogP contribution in [0.1, 0.15) is 67.8 Å². The average Bonchev–Trinajstić information content (AvgIpc) is 3.44. The lowest BCUT2D eigenvalue weighted by Crippen LogP contribution is -2.36. The van der Waals surface area contributed by atoms with Gasteiger partial charge >= 0.3 is 0 Å². The molecule has 9 heteroatoms. The fourth-order valence-corrected chi connectivity index (χ4v) is 5.38. The molecule has 1 aliphatic carbocycles. The third-order valence-electron chi connectivity index (χ3n) is 6.22. The molecule has 1 aliphatic heterocycles. The van der Waals surface area contributed by atoms with E-state index in [-0.39, 0.29) is 17.4 Å². The Morgan fingerprint density at radius 1 is 1.19 bits per heavy atom. The number of hydrogen-bond donors (Lipinski definition) is 1. The number of anilines is 1. The van der Waals surface area contributed by atoms with Gasteiger partial charge in [0.05, 0.1) is 6.20 Å². The molecule has 0 aromatic carbocycles. The topological polar surface area (TPSA) is 84.3 Å². The molecule has 1 atom stereocenters. The summed E-state index contributed by atoms with van der Waals surface area (Å²) in [4.78, 5) is 44.7. The summed E-state index contributed by atoms with van der Waals surface area (Å²) in [6, 6.07) is 2.36. The van der Waals surface area contributed by atoms with Gasteiger partial charge in [0.15, 0.2) is 5.13 Å². The Hall–Kier alpha value is -2.19. The predicted molar refractivity (Wildman–Crippen MR) is 122 cm³/mol. The average molecular weight is 463 g/mol. The van der Waals surface area contributed by atoms with Gasteiger partial charge in [-0.25, -0.2) is 4.98 Å². The zero-order valence-electron chi connectivity index (χ0n) is 17.4. The van der Waals surface area contributed by atoms with Crippen molar-refractivity contribution >= 4 is 39.9 Å². The summed E-state index contributed by atoms with van der Waals surface area (Å²) in [5.41, 5.74) is 0.0462. The smallest absolute Gasteiger partial charge is 0.254 e. The minimum atomic E-state index is -0.658. The van der Waals surface area contributed by atoms with Gasteiger partial charge in [0, 0.05) is 30.9 Å². The zero-order chi connectivity index (χ0) is 21.8. The predicted octanol–water partition coefficient (Wildman–Crippen LogP) is 4.34. The third-order valence-corrected chi connectivity index (χ3v) is 7.25. The number of halogens is 1. The summed E-state index contributed by atoms with van der Waals surface area (Å²) in [7, 11) is 0. The molecule has 31 heavy (non-hydrogen) atoms. The summed E-state index contributed by atoms with van der Waals surface area (Å²) in [5.74, 6) is -0.00744. The van der Waals surface area contributed by atoms with Crippen LogP contribution in [-0.4, -0.2) is 39.4 Å². The van der Waals surface area contributed by atoms with Gasteiger partial charge in [-0.3, -0.25) is 14.4 Å². The standard InChI is InChI=1S/C22H27ClN4O3S/c23-18-14-24-22(31-18)25-20(29)17(12-15-6-2-1-3-7-15)27-11-8-16(13-19(27)28)21(30)26-9-4-5-10-26/h8,11,13-15,17H,1-7,9-10,12H2,(H,24,25,29). The number of amides is 2. The van der Waals surface area contributed by atoms with Crippen LogP contribution >= 0.6 is 22.9 Å². The first-order valence-corrected chi connectivity index (χ1v) is 12.1. The second kappa shape index (κ2) is 9.96. The molecule has 4 rings (SSSR count). The van der Waals surface area contributed by atoms with E-state index in [1.807, 2.05) is 0 Å². The van der Waals surface area contributed by atoms with Crippen LogP contribution in [0.2, 0.25) is 4.34 Å². The Morgan fingerprint density at radius 3 is 2.58 bits per heavy atom. The number of carbonyl (C=O) groups excluding carboxylic acids is 2. The van der Waals surface area contributed by atoms with Gasteiger partial charge in [0.25, 0.3) is 11.5 Å². The summed E-state index contributed by atoms with van der Waals surface area (Å²) in [6.45, 7) is 1.45. The molecule has 0 radical (unpaired) electrons. The Morgan fingerprint density at radius 2 is 1.94 bits per heavy atom. The van der Waals surface area contributed by atoms with Crippen molar-refractivity contribution in [1.82, 2.24) is 14.5 Å². The molecule has 2 aromatic heterocycles. The molecule has 1 saturated carbocycles. The van der Waals surface area contributed by atoms with Gasteiger partial charge in [0.2, 0.25) is 5.91 Å².